The molecule has 2 rings (SSSR count). The van der Waals surface area contributed by atoms with Gasteiger partial charge in [-0.25, -0.2) is 15.0 Å². The minimum absolute atomic E-state index is 0.0215. The van der Waals surface area contributed by atoms with E-state index in [9.17, 15) is 13.2 Å². The summed E-state index contributed by atoms with van der Waals surface area (Å²) < 4.78 is 38.0. The van der Waals surface area contributed by atoms with Crippen LogP contribution in [0, 0.1) is 5.92 Å². The highest BCUT2D eigenvalue weighted by Crippen LogP contribution is 2.34. The van der Waals surface area contributed by atoms with E-state index in [1.165, 1.54) is 6.33 Å². The van der Waals surface area contributed by atoms with Gasteiger partial charge in [0.15, 0.2) is 11.6 Å². The first-order chi connectivity index (χ1) is 11.7. The van der Waals surface area contributed by atoms with Crippen LogP contribution in [0.15, 0.2) is 18.6 Å². The Kier molecular flexibility index (Phi) is 5.89. The third-order valence-corrected chi connectivity index (χ3v) is 3.59. The number of nitrogen functional groups attached to an aromatic ring is 1. The van der Waals surface area contributed by atoms with Crippen molar-refractivity contribution in [3.63, 3.8) is 0 Å². The lowest BCUT2D eigenvalue weighted by molar-refractivity contribution is -0.137. The summed E-state index contributed by atoms with van der Waals surface area (Å²) >= 11 is 5.87. The van der Waals surface area contributed by atoms with E-state index in [4.69, 9.17) is 17.3 Å². The minimum Gasteiger partial charge on any atom is -0.393 e. The molecule has 0 aromatic carbocycles. The van der Waals surface area contributed by atoms with E-state index in [0.717, 1.165) is 12.5 Å². The standard InChI is InChI=1S/C15H18ClF3N6/c1-8(2)3-4-21-13-11(20)14(24-7-23-13)25-12-10(16)5-9(6-22-12)15(17,18)19/h5-8H,3-4,20H2,1-2H3,(H2,21,22,23,24,25). The molecule has 0 aliphatic rings. The highest BCUT2D eigenvalue weighted by molar-refractivity contribution is 6.33. The smallest absolute Gasteiger partial charge is 0.393 e. The molecule has 0 unspecified atom stereocenters. The lowest BCUT2D eigenvalue weighted by atomic mass is 10.1. The molecule has 0 amide bonds. The van der Waals surface area contributed by atoms with Crippen molar-refractivity contribution >= 4 is 34.7 Å². The average molecular weight is 375 g/mol. The Morgan fingerprint density at radius 1 is 1.16 bits per heavy atom. The minimum atomic E-state index is -4.52. The molecular formula is C15H18ClF3N6. The fourth-order valence-electron chi connectivity index (χ4n) is 1.91. The number of pyridine rings is 1. The van der Waals surface area contributed by atoms with Gasteiger partial charge in [0, 0.05) is 12.7 Å². The Morgan fingerprint density at radius 3 is 2.44 bits per heavy atom. The molecule has 2 aromatic heterocycles. The quantitative estimate of drug-likeness (QED) is 0.697. The summed E-state index contributed by atoms with van der Waals surface area (Å²) in [4.78, 5) is 11.7. The molecule has 0 fully saturated rings. The van der Waals surface area contributed by atoms with Crippen LogP contribution in [0.5, 0.6) is 0 Å². The predicted octanol–water partition coefficient (Wildman–Crippen LogP) is 4.33. The first kappa shape index (κ1) is 19.0. The van der Waals surface area contributed by atoms with Crippen molar-refractivity contribution in [2.75, 3.05) is 22.9 Å². The topological polar surface area (TPSA) is 88.8 Å². The second-order valence-electron chi connectivity index (χ2n) is 5.77. The van der Waals surface area contributed by atoms with Crippen LogP contribution >= 0.6 is 11.6 Å². The van der Waals surface area contributed by atoms with Crippen LogP contribution < -0.4 is 16.4 Å². The molecule has 0 saturated carbocycles. The van der Waals surface area contributed by atoms with Crippen molar-refractivity contribution in [3.8, 4) is 0 Å². The molecule has 2 heterocycles. The molecule has 0 radical (unpaired) electrons. The molecule has 0 aliphatic heterocycles. The van der Waals surface area contributed by atoms with Gasteiger partial charge in [-0.1, -0.05) is 25.4 Å². The molecule has 0 atom stereocenters. The number of nitrogens with zero attached hydrogens (tertiary/aromatic N) is 3. The second kappa shape index (κ2) is 7.73. The largest absolute Gasteiger partial charge is 0.417 e. The van der Waals surface area contributed by atoms with Gasteiger partial charge in [-0.3, -0.25) is 0 Å². The molecule has 2 aromatic rings. The Hall–Kier alpha value is -2.29. The fraction of sp³-hybridized carbons (Fsp3) is 0.400. The van der Waals surface area contributed by atoms with Crippen LogP contribution in [0.3, 0.4) is 0 Å². The summed E-state index contributed by atoms with van der Waals surface area (Å²) in [6.45, 7) is 4.87. The van der Waals surface area contributed by atoms with E-state index in [2.05, 4.69) is 39.4 Å². The van der Waals surface area contributed by atoms with Crippen molar-refractivity contribution < 1.29 is 13.2 Å². The number of anilines is 4. The zero-order valence-electron chi connectivity index (χ0n) is 13.7. The highest BCUT2D eigenvalue weighted by Gasteiger charge is 2.31. The number of rotatable bonds is 6. The summed E-state index contributed by atoms with van der Waals surface area (Å²) in [5.74, 6) is 1.17. The summed E-state index contributed by atoms with van der Waals surface area (Å²) in [7, 11) is 0. The Morgan fingerprint density at radius 2 is 1.84 bits per heavy atom. The lowest BCUT2D eigenvalue weighted by Crippen LogP contribution is -2.11. The van der Waals surface area contributed by atoms with E-state index in [1.54, 1.807) is 0 Å². The zero-order chi connectivity index (χ0) is 18.6. The van der Waals surface area contributed by atoms with Crippen molar-refractivity contribution in [1.29, 1.82) is 0 Å². The van der Waals surface area contributed by atoms with E-state index in [1.807, 2.05) is 0 Å². The highest BCUT2D eigenvalue weighted by atomic mass is 35.5. The fourth-order valence-corrected chi connectivity index (χ4v) is 2.13. The van der Waals surface area contributed by atoms with Crippen molar-refractivity contribution in [2.24, 2.45) is 5.92 Å². The normalized spacial score (nSPS) is 11.6. The summed E-state index contributed by atoms with van der Waals surface area (Å²) in [6, 6.07) is 0.788. The van der Waals surface area contributed by atoms with Gasteiger partial charge in [0.2, 0.25) is 0 Å². The van der Waals surface area contributed by atoms with Crippen LogP contribution in [0.25, 0.3) is 0 Å². The van der Waals surface area contributed by atoms with Gasteiger partial charge in [0.1, 0.15) is 17.8 Å². The maximum atomic E-state index is 12.7. The molecule has 136 valence electrons. The number of hydrogen-bond donors (Lipinski definition) is 3. The molecule has 4 N–H and O–H groups in total. The third kappa shape index (κ3) is 5.09. The monoisotopic (exact) mass is 374 g/mol. The first-order valence-electron chi connectivity index (χ1n) is 7.52. The number of nitrogens with one attached hydrogen (secondary N) is 2. The van der Waals surface area contributed by atoms with Crippen LogP contribution in [0.2, 0.25) is 5.02 Å². The zero-order valence-corrected chi connectivity index (χ0v) is 14.4. The molecule has 0 spiro atoms. The summed E-state index contributed by atoms with van der Waals surface area (Å²) in [5, 5.41) is 5.64. The lowest BCUT2D eigenvalue weighted by Gasteiger charge is -2.14. The molecule has 6 nitrogen and oxygen atoms in total. The van der Waals surface area contributed by atoms with E-state index >= 15 is 0 Å². The summed E-state index contributed by atoms with van der Waals surface area (Å²) in [5.41, 5.74) is 5.29. The number of aromatic nitrogens is 3. The molecule has 25 heavy (non-hydrogen) atoms. The average Bonchev–Trinajstić information content (AvgIpc) is 2.51. The Balaban J connectivity index is 2.18. The third-order valence-electron chi connectivity index (χ3n) is 3.30. The van der Waals surface area contributed by atoms with E-state index in [0.29, 0.717) is 24.5 Å². The summed E-state index contributed by atoms with van der Waals surface area (Å²) in [6.07, 6.45) is -1.61. The number of halogens is 4. The predicted molar refractivity (Wildman–Crippen MR) is 91.9 cm³/mol. The second-order valence-corrected chi connectivity index (χ2v) is 6.18. The van der Waals surface area contributed by atoms with Gasteiger partial charge in [-0.05, 0) is 18.4 Å². The maximum Gasteiger partial charge on any atom is 0.417 e. The van der Waals surface area contributed by atoms with E-state index in [-0.39, 0.29) is 22.3 Å². The van der Waals surface area contributed by atoms with Crippen LogP contribution in [0.1, 0.15) is 25.8 Å². The maximum absolute atomic E-state index is 12.7. The van der Waals surface area contributed by atoms with Crippen molar-refractivity contribution in [3.05, 3.63) is 29.2 Å². The van der Waals surface area contributed by atoms with Gasteiger partial charge in [0.25, 0.3) is 0 Å². The van der Waals surface area contributed by atoms with Crippen LogP contribution in [-0.2, 0) is 6.18 Å². The van der Waals surface area contributed by atoms with Crippen LogP contribution in [-0.4, -0.2) is 21.5 Å². The van der Waals surface area contributed by atoms with Crippen molar-refractivity contribution in [1.82, 2.24) is 15.0 Å². The van der Waals surface area contributed by atoms with Gasteiger partial charge in [-0.2, -0.15) is 13.2 Å². The molecule has 0 saturated heterocycles. The SMILES string of the molecule is CC(C)CCNc1ncnc(Nc2ncc(C(F)(F)F)cc2Cl)c1N. The van der Waals surface area contributed by atoms with Gasteiger partial charge in [-0.15, -0.1) is 0 Å². The van der Waals surface area contributed by atoms with Gasteiger partial charge in [0.05, 0.1) is 10.6 Å². The Labute approximate surface area is 148 Å². The van der Waals surface area contributed by atoms with Crippen LogP contribution in [0.4, 0.5) is 36.3 Å². The first-order valence-corrected chi connectivity index (χ1v) is 7.90. The molecular weight excluding hydrogens is 357 g/mol. The molecule has 0 bridgehead atoms. The molecule has 10 heteroatoms. The molecule has 0 aliphatic carbocycles. The van der Waals surface area contributed by atoms with Gasteiger partial charge < -0.3 is 16.4 Å². The number of hydrogen-bond acceptors (Lipinski definition) is 6. The Bertz CT molecular complexity index is 736. The van der Waals surface area contributed by atoms with E-state index < -0.39 is 11.7 Å². The van der Waals surface area contributed by atoms with Gasteiger partial charge >= 0.3 is 6.18 Å². The number of nitrogens with two attached hydrogens (primary N) is 1. The number of alkyl halides is 3. The van der Waals surface area contributed by atoms with Crippen molar-refractivity contribution in [2.45, 2.75) is 26.4 Å².